The van der Waals surface area contributed by atoms with Gasteiger partial charge >= 0.3 is 5.97 Å². The van der Waals surface area contributed by atoms with E-state index in [9.17, 15) is 9.59 Å². The molecule has 27 heavy (non-hydrogen) atoms. The molecule has 0 aromatic heterocycles. The quantitative estimate of drug-likeness (QED) is 0.717. The van der Waals surface area contributed by atoms with Crippen molar-refractivity contribution in [1.82, 2.24) is 0 Å². The second-order valence-electron chi connectivity index (χ2n) is 5.81. The van der Waals surface area contributed by atoms with Crippen molar-refractivity contribution in [3.63, 3.8) is 0 Å². The van der Waals surface area contributed by atoms with Gasteiger partial charge in [-0.2, -0.15) is 0 Å². The zero-order chi connectivity index (χ0) is 20.0. The maximum Gasteiger partial charge on any atom is 0.341 e. The number of esters is 1. The van der Waals surface area contributed by atoms with Crippen LogP contribution >= 0.6 is 11.6 Å². The summed E-state index contributed by atoms with van der Waals surface area (Å²) in [6.07, 6.45) is 0. The van der Waals surface area contributed by atoms with Gasteiger partial charge in [0.05, 0.1) is 24.4 Å². The van der Waals surface area contributed by atoms with Gasteiger partial charge in [0.15, 0.2) is 6.61 Å². The van der Waals surface area contributed by atoms with Crippen molar-refractivity contribution in [3.05, 3.63) is 52.0 Å². The number of hydrogen-bond donors (Lipinski definition) is 1. The van der Waals surface area contributed by atoms with Crippen LogP contribution in [0.4, 0.5) is 5.69 Å². The maximum absolute atomic E-state index is 12.3. The largest absolute Gasteiger partial charge is 0.496 e. The molecule has 0 spiro atoms. The van der Waals surface area contributed by atoms with Gasteiger partial charge in [-0.25, -0.2) is 4.79 Å². The zero-order valence-corrected chi connectivity index (χ0v) is 16.5. The Morgan fingerprint density at radius 3 is 2.41 bits per heavy atom. The number of anilines is 1. The predicted octanol–water partition coefficient (Wildman–Crippen LogP) is 4.16. The molecule has 0 bridgehead atoms. The Hall–Kier alpha value is -2.73. The normalized spacial score (nSPS) is 10.3. The molecule has 144 valence electrons. The van der Waals surface area contributed by atoms with Crippen LogP contribution in [0, 0.1) is 13.8 Å². The first-order chi connectivity index (χ1) is 12.9. The monoisotopic (exact) mass is 391 g/mol. The highest BCUT2D eigenvalue weighted by molar-refractivity contribution is 6.34. The first-order valence-corrected chi connectivity index (χ1v) is 8.78. The van der Waals surface area contributed by atoms with E-state index in [0.717, 1.165) is 11.1 Å². The number of carbonyl (C=O) groups excluding carboxylic acids is 2. The van der Waals surface area contributed by atoms with Crippen LogP contribution in [-0.4, -0.2) is 32.2 Å². The van der Waals surface area contributed by atoms with E-state index in [0.29, 0.717) is 11.4 Å². The van der Waals surface area contributed by atoms with Crippen molar-refractivity contribution in [3.8, 4) is 11.5 Å². The molecule has 7 heteroatoms. The van der Waals surface area contributed by atoms with Gasteiger partial charge in [-0.3, -0.25) is 4.79 Å². The van der Waals surface area contributed by atoms with Gasteiger partial charge in [0.25, 0.3) is 5.91 Å². The number of carbonyl (C=O) groups is 2. The Bertz CT molecular complexity index is 830. The topological polar surface area (TPSA) is 73.9 Å². The number of amides is 1. The third-order valence-electron chi connectivity index (χ3n) is 3.81. The minimum Gasteiger partial charge on any atom is -0.496 e. The van der Waals surface area contributed by atoms with Crippen molar-refractivity contribution >= 4 is 29.2 Å². The molecule has 2 aromatic carbocycles. The summed E-state index contributed by atoms with van der Waals surface area (Å²) in [4.78, 5) is 24.2. The number of aryl methyl sites for hydroxylation is 2. The van der Waals surface area contributed by atoms with Gasteiger partial charge in [0, 0.05) is 6.07 Å². The molecule has 0 atom stereocenters. The fourth-order valence-electron chi connectivity index (χ4n) is 2.54. The molecular formula is C20H22ClNO5. The average molecular weight is 392 g/mol. The minimum atomic E-state index is -0.549. The van der Waals surface area contributed by atoms with E-state index in [1.807, 2.05) is 32.0 Å². The van der Waals surface area contributed by atoms with Gasteiger partial charge in [0.1, 0.15) is 17.1 Å². The second-order valence-corrected chi connectivity index (χ2v) is 6.22. The minimum absolute atomic E-state index is 0.177. The maximum atomic E-state index is 12.3. The fraction of sp³-hybridized carbons (Fsp3) is 0.300. The lowest BCUT2D eigenvalue weighted by Crippen LogP contribution is -2.21. The molecule has 0 radical (unpaired) electrons. The van der Waals surface area contributed by atoms with Crippen molar-refractivity contribution in [1.29, 1.82) is 0 Å². The summed E-state index contributed by atoms with van der Waals surface area (Å²) in [6.45, 7) is 5.58. The SMILES string of the molecule is CCOC(=O)c1cc(Cl)c(NC(=O)COc2c(C)cccc2C)cc1OC. The fourth-order valence-corrected chi connectivity index (χ4v) is 2.75. The number of rotatable bonds is 7. The van der Waals surface area contributed by atoms with Crippen LogP contribution < -0.4 is 14.8 Å². The summed E-state index contributed by atoms with van der Waals surface area (Å²) in [5.41, 5.74) is 2.40. The average Bonchev–Trinajstić information content (AvgIpc) is 2.62. The molecule has 1 amide bonds. The summed E-state index contributed by atoms with van der Waals surface area (Å²) >= 11 is 6.20. The molecule has 0 aliphatic carbocycles. The van der Waals surface area contributed by atoms with Gasteiger partial charge in [-0.05, 0) is 38.0 Å². The van der Waals surface area contributed by atoms with Crippen LogP contribution in [0.5, 0.6) is 11.5 Å². The Morgan fingerprint density at radius 2 is 1.81 bits per heavy atom. The van der Waals surface area contributed by atoms with Crippen LogP contribution in [-0.2, 0) is 9.53 Å². The number of ether oxygens (including phenoxy) is 3. The highest BCUT2D eigenvalue weighted by Crippen LogP contribution is 2.31. The van der Waals surface area contributed by atoms with Crippen LogP contribution in [0.15, 0.2) is 30.3 Å². The van der Waals surface area contributed by atoms with Crippen molar-refractivity contribution in [2.75, 3.05) is 25.6 Å². The second kappa shape index (κ2) is 9.28. The van der Waals surface area contributed by atoms with Crippen LogP contribution in [0.25, 0.3) is 0 Å². The lowest BCUT2D eigenvalue weighted by molar-refractivity contribution is -0.118. The summed E-state index contributed by atoms with van der Waals surface area (Å²) in [5, 5.41) is 2.86. The molecular weight excluding hydrogens is 370 g/mol. The van der Waals surface area contributed by atoms with Crippen molar-refractivity contribution < 1.29 is 23.8 Å². The molecule has 0 fully saturated rings. The van der Waals surface area contributed by atoms with E-state index in [4.69, 9.17) is 25.8 Å². The molecule has 2 aromatic rings. The van der Waals surface area contributed by atoms with E-state index in [1.54, 1.807) is 6.92 Å². The van der Waals surface area contributed by atoms with E-state index < -0.39 is 5.97 Å². The van der Waals surface area contributed by atoms with Crippen molar-refractivity contribution in [2.45, 2.75) is 20.8 Å². The summed E-state index contributed by atoms with van der Waals surface area (Å²) < 4.78 is 15.8. The Morgan fingerprint density at radius 1 is 1.15 bits per heavy atom. The molecule has 6 nitrogen and oxygen atoms in total. The lowest BCUT2D eigenvalue weighted by atomic mass is 10.1. The molecule has 0 aliphatic rings. The summed E-state index contributed by atoms with van der Waals surface area (Å²) in [6, 6.07) is 8.63. The molecule has 2 rings (SSSR count). The number of nitrogens with one attached hydrogen (secondary N) is 1. The third kappa shape index (κ3) is 5.14. The number of halogens is 1. The molecule has 0 unspecified atom stereocenters. The predicted molar refractivity (Wildman–Crippen MR) is 104 cm³/mol. The van der Waals surface area contributed by atoms with Crippen molar-refractivity contribution in [2.24, 2.45) is 0 Å². The van der Waals surface area contributed by atoms with E-state index in [-0.39, 0.29) is 35.5 Å². The lowest BCUT2D eigenvalue weighted by Gasteiger charge is -2.14. The Balaban J connectivity index is 2.12. The highest BCUT2D eigenvalue weighted by Gasteiger charge is 2.18. The Kier molecular flexibility index (Phi) is 7.07. The summed E-state index contributed by atoms with van der Waals surface area (Å²) in [7, 11) is 1.42. The first kappa shape index (κ1) is 20.6. The summed E-state index contributed by atoms with van der Waals surface area (Å²) in [5.74, 6) is -0.00391. The smallest absolute Gasteiger partial charge is 0.341 e. The van der Waals surface area contributed by atoms with Crippen LogP contribution in [0.3, 0.4) is 0 Å². The number of methoxy groups -OCH3 is 1. The number of hydrogen-bond acceptors (Lipinski definition) is 5. The molecule has 1 N–H and O–H groups in total. The van der Waals surface area contributed by atoms with Gasteiger partial charge in [-0.1, -0.05) is 29.8 Å². The first-order valence-electron chi connectivity index (χ1n) is 8.40. The molecule has 0 saturated heterocycles. The highest BCUT2D eigenvalue weighted by atomic mass is 35.5. The van der Waals surface area contributed by atoms with E-state index in [2.05, 4.69) is 5.32 Å². The standard InChI is InChI=1S/C20H22ClNO5/c1-5-26-20(24)14-9-15(21)16(10-17(14)25-4)22-18(23)11-27-19-12(2)7-6-8-13(19)3/h6-10H,5,11H2,1-4H3,(H,22,23). The van der Waals surface area contributed by atoms with Crippen LogP contribution in [0.1, 0.15) is 28.4 Å². The van der Waals surface area contributed by atoms with Crippen LogP contribution in [0.2, 0.25) is 5.02 Å². The number of benzene rings is 2. The zero-order valence-electron chi connectivity index (χ0n) is 15.7. The van der Waals surface area contributed by atoms with Gasteiger partial charge in [0.2, 0.25) is 0 Å². The molecule has 0 saturated carbocycles. The third-order valence-corrected chi connectivity index (χ3v) is 4.13. The number of para-hydroxylation sites is 1. The Labute approximate surface area is 163 Å². The van der Waals surface area contributed by atoms with Gasteiger partial charge < -0.3 is 19.5 Å². The van der Waals surface area contributed by atoms with E-state index >= 15 is 0 Å². The van der Waals surface area contributed by atoms with E-state index in [1.165, 1.54) is 19.2 Å². The van der Waals surface area contributed by atoms with Gasteiger partial charge in [-0.15, -0.1) is 0 Å². The molecule has 0 heterocycles. The molecule has 0 aliphatic heterocycles.